The highest BCUT2D eigenvalue weighted by atomic mass is 16.8. The minimum Gasteiger partial charge on any atom is -0.508 e. The number of ether oxygens (including phenoxy) is 4. The molecule has 0 radical (unpaired) electrons. The molecule has 8 nitrogen and oxygen atoms in total. The number of phenols is 2. The second-order valence-corrected chi connectivity index (χ2v) is 6.81. The van der Waals surface area contributed by atoms with Gasteiger partial charge in [0.1, 0.15) is 35.9 Å². The Morgan fingerprint density at radius 1 is 0.821 bits per heavy atom. The monoisotopic (exact) mass is 390 g/mol. The van der Waals surface area contributed by atoms with Gasteiger partial charge in [0.2, 0.25) is 0 Å². The molecule has 2 aromatic rings. The number of rotatable bonds is 4. The fourth-order valence-electron chi connectivity index (χ4n) is 3.37. The van der Waals surface area contributed by atoms with E-state index in [-0.39, 0.29) is 18.1 Å². The zero-order valence-corrected chi connectivity index (χ0v) is 14.9. The maximum absolute atomic E-state index is 10.3. The van der Waals surface area contributed by atoms with E-state index in [9.17, 15) is 20.4 Å². The zero-order valence-electron chi connectivity index (χ0n) is 14.9. The molecular formula is C20H22O8. The summed E-state index contributed by atoms with van der Waals surface area (Å²) in [5.74, 6) is 0.248. The minimum absolute atomic E-state index is 0.115. The summed E-state index contributed by atoms with van der Waals surface area (Å²) in [5.41, 5.74) is 1.36. The lowest BCUT2D eigenvalue weighted by Crippen LogP contribution is -2.45. The van der Waals surface area contributed by atoms with Gasteiger partial charge in [-0.1, -0.05) is 24.3 Å². The van der Waals surface area contributed by atoms with Crippen LogP contribution in [0.2, 0.25) is 0 Å². The third kappa shape index (κ3) is 3.83. The van der Waals surface area contributed by atoms with Gasteiger partial charge in [0.15, 0.2) is 12.6 Å². The van der Waals surface area contributed by atoms with Crippen LogP contribution >= 0.6 is 0 Å². The van der Waals surface area contributed by atoms with Crippen molar-refractivity contribution in [2.24, 2.45) is 0 Å². The summed E-state index contributed by atoms with van der Waals surface area (Å²) in [6.07, 6.45) is -4.79. The molecule has 2 aliphatic heterocycles. The van der Waals surface area contributed by atoms with Gasteiger partial charge < -0.3 is 39.4 Å². The van der Waals surface area contributed by atoms with Gasteiger partial charge in [-0.25, -0.2) is 0 Å². The van der Waals surface area contributed by atoms with Crippen LogP contribution < -0.4 is 0 Å². The Bertz CT molecular complexity index is 778. The predicted molar refractivity (Wildman–Crippen MR) is 95.4 cm³/mol. The van der Waals surface area contributed by atoms with Gasteiger partial charge in [0.25, 0.3) is 0 Å². The van der Waals surface area contributed by atoms with Crippen molar-refractivity contribution >= 4 is 0 Å². The highest BCUT2D eigenvalue weighted by molar-refractivity contribution is 5.28. The van der Waals surface area contributed by atoms with Gasteiger partial charge in [0, 0.05) is 11.1 Å². The fourth-order valence-corrected chi connectivity index (χ4v) is 3.37. The predicted octanol–water partition coefficient (Wildman–Crippen LogP) is 1.35. The van der Waals surface area contributed by atoms with Crippen LogP contribution in [0.3, 0.4) is 0 Å². The van der Waals surface area contributed by atoms with Gasteiger partial charge in [-0.2, -0.15) is 0 Å². The van der Waals surface area contributed by atoms with Crippen molar-refractivity contribution in [3.05, 3.63) is 59.7 Å². The molecule has 28 heavy (non-hydrogen) atoms. The van der Waals surface area contributed by atoms with Crippen LogP contribution in [0.25, 0.3) is 0 Å². The number of hydrogen-bond donors (Lipinski definition) is 4. The van der Waals surface area contributed by atoms with Crippen molar-refractivity contribution in [3.63, 3.8) is 0 Å². The number of phenolic OH excluding ortho intramolecular Hbond substituents is 2. The summed E-state index contributed by atoms with van der Waals surface area (Å²) in [7, 11) is 0. The normalized spacial score (nSPS) is 31.1. The second kappa shape index (κ2) is 8.04. The Morgan fingerprint density at radius 3 is 1.96 bits per heavy atom. The van der Waals surface area contributed by atoms with Gasteiger partial charge in [0.05, 0.1) is 13.2 Å². The average molecular weight is 390 g/mol. The van der Waals surface area contributed by atoms with Gasteiger partial charge in [-0.15, -0.1) is 0 Å². The van der Waals surface area contributed by atoms with E-state index in [0.717, 1.165) is 0 Å². The van der Waals surface area contributed by atoms with E-state index in [1.54, 1.807) is 24.3 Å². The molecule has 0 aromatic heterocycles. The Labute approximate surface area is 161 Å². The Balaban J connectivity index is 1.55. The average Bonchev–Trinajstić information content (AvgIpc) is 3.05. The van der Waals surface area contributed by atoms with E-state index in [1.807, 2.05) is 0 Å². The second-order valence-electron chi connectivity index (χ2n) is 6.81. The van der Waals surface area contributed by atoms with E-state index < -0.39 is 43.6 Å². The standard InChI is InChI=1S/C20H22O8/c21-9-15(24)17-18-16(26-20(28-18)12-3-7-14(23)8-4-12)10-25-19(27-17)11-1-5-13(22)6-2-11/h1-8,15-24H,9-10H2/t15-,16+,17+,18+,19?,20?/m0/s1. The highest BCUT2D eigenvalue weighted by Gasteiger charge is 2.48. The molecule has 2 fully saturated rings. The van der Waals surface area contributed by atoms with Crippen LogP contribution in [0.15, 0.2) is 48.5 Å². The lowest BCUT2D eigenvalue weighted by atomic mass is 10.0. The summed E-state index contributed by atoms with van der Waals surface area (Å²) in [4.78, 5) is 0. The van der Waals surface area contributed by atoms with E-state index >= 15 is 0 Å². The SMILES string of the molecule is OC[C@H](O)[C@H]1OC(c2ccc(O)cc2)OC[C@H]2OC(c3ccc(O)cc3)O[C@@H]12. The summed E-state index contributed by atoms with van der Waals surface area (Å²) in [5, 5.41) is 38.7. The van der Waals surface area contributed by atoms with E-state index in [2.05, 4.69) is 0 Å². The number of hydrogen-bond acceptors (Lipinski definition) is 8. The molecule has 0 spiro atoms. The van der Waals surface area contributed by atoms with Crippen LogP contribution in [0.5, 0.6) is 11.5 Å². The summed E-state index contributed by atoms with van der Waals surface area (Å²) < 4.78 is 23.7. The van der Waals surface area contributed by atoms with Crippen molar-refractivity contribution in [1.29, 1.82) is 0 Å². The summed E-state index contributed by atoms with van der Waals surface area (Å²) in [6, 6.07) is 12.8. The molecule has 0 saturated carbocycles. The third-order valence-corrected chi connectivity index (χ3v) is 4.86. The number of benzene rings is 2. The molecule has 2 unspecified atom stereocenters. The van der Waals surface area contributed by atoms with E-state index in [4.69, 9.17) is 18.9 Å². The molecule has 4 rings (SSSR count). The van der Waals surface area contributed by atoms with Crippen molar-refractivity contribution < 1.29 is 39.4 Å². The maximum atomic E-state index is 10.3. The van der Waals surface area contributed by atoms with Crippen LogP contribution in [0.1, 0.15) is 23.7 Å². The van der Waals surface area contributed by atoms with Gasteiger partial charge in [-0.3, -0.25) is 0 Å². The van der Waals surface area contributed by atoms with Gasteiger partial charge in [-0.05, 0) is 24.3 Å². The zero-order chi connectivity index (χ0) is 19.7. The smallest absolute Gasteiger partial charge is 0.184 e. The molecule has 6 atom stereocenters. The van der Waals surface area contributed by atoms with Crippen LogP contribution in [-0.2, 0) is 18.9 Å². The van der Waals surface area contributed by atoms with Crippen molar-refractivity contribution in [2.45, 2.75) is 37.0 Å². The molecule has 2 aromatic carbocycles. The Hall–Kier alpha value is -2.20. The topological polar surface area (TPSA) is 118 Å². The molecule has 0 aliphatic carbocycles. The number of aliphatic hydroxyl groups excluding tert-OH is 2. The Morgan fingerprint density at radius 2 is 1.39 bits per heavy atom. The molecule has 0 amide bonds. The first-order valence-corrected chi connectivity index (χ1v) is 9.00. The highest BCUT2D eigenvalue weighted by Crippen LogP contribution is 2.39. The van der Waals surface area contributed by atoms with E-state index in [1.165, 1.54) is 24.3 Å². The number of fused-ring (bicyclic) bond motifs is 1. The van der Waals surface area contributed by atoms with Crippen LogP contribution in [0, 0.1) is 0 Å². The largest absolute Gasteiger partial charge is 0.508 e. The van der Waals surface area contributed by atoms with Crippen molar-refractivity contribution in [1.82, 2.24) is 0 Å². The summed E-state index contributed by atoms with van der Waals surface area (Å²) in [6.45, 7) is -0.358. The molecule has 2 aliphatic rings. The molecule has 2 heterocycles. The maximum Gasteiger partial charge on any atom is 0.184 e. The van der Waals surface area contributed by atoms with E-state index in [0.29, 0.717) is 11.1 Å². The molecule has 150 valence electrons. The lowest BCUT2D eigenvalue weighted by Gasteiger charge is -2.28. The molecular weight excluding hydrogens is 368 g/mol. The first kappa shape index (κ1) is 19.1. The van der Waals surface area contributed by atoms with Crippen molar-refractivity contribution in [3.8, 4) is 11.5 Å². The van der Waals surface area contributed by atoms with Crippen molar-refractivity contribution in [2.75, 3.05) is 13.2 Å². The molecule has 8 heteroatoms. The fraction of sp³-hybridized carbons (Fsp3) is 0.400. The quantitative estimate of drug-likeness (QED) is 0.618. The molecule has 2 saturated heterocycles. The molecule has 0 bridgehead atoms. The minimum atomic E-state index is -1.20. The third-order valence-electron chi connectivity index (χ3n) is 4.86. The van der Waals surface area contributed by atoms with Crippen LogP contribution in [0.4, 0.5) is 0 Å². The molecule has 4 N–H and O–H groups in total. The first-order chi connectivity index (χ1) is 13.5. The van der Waals surface area contributed by atoms with Gasteiger partial charge >= 0.3 is 0 Å². The number of aliphatic hydroxyl groups is 2. The number of aromatic hydroxyl groups is 2. The summed E-state index contributed by atoms with van der Waals surface area (Å²) >= 11 is 0. The Kier molecular flexibility index (Phi) is 5.49. The lowest BCUT2D eigenvalue weighted by molar-refractivity contribution is -0.216. The first-order valence-electron chi connectivity index (χ1n) is 9.00. The van der Waals surface area contributed by atoms with Crippen LogP contribution in [-0.4, -0.2) is 58.1 Å².